The molecule has 0 aromatic rings. The van der Waals surface area contributed by atoms with Crippen molar-refractivity contribution in [1.82, 2.24) is 15.5 Å². The summed E-state index contributed by atoms with van der Waals surface area (Å²) in [5.74, 6) is 0.783. The normalized spacial score (nSPS) is 28.5. The minimum Gasteiger partial charge on any atom is -0.356 e. The molecule has 2 fully saturated rings. The van der Waals surface area contributed by atoms with Gasteiger partial charge in [0.25, 0.3) is 0 Å². The van der Waals surface area contributed by atoms with Crippen molar-refractivity contribution in [3.63, 3.8) is 0 Å². The predicted molar refractivity (Wildman–Crippen MR) is 129 cm³/mol. The van der Waals surface area contributed by atoms with Gasteiger partial charge in [0.05, 0.1) is 5.92 Å². The molecule has 2 N–H and O–H groups in total. The van der Waals surface area contributed by atoms with E-state index in [4.69, 9.17) is 0 Å². The van der Waals surface area contributed by atoms with Crippen LogP contribution in [0.2, 0.25) is 0 Å². The van der Waals surface area contributed by atoms with E-state index in [1.165, 1.54) is 0 Å². The van der Waals surface area contributed by atoms with Crippen molar-refractivity contribution in [2.45, 2.75) is 129 Å². The smallest absolute Gasteiger partial charge is 0.225 e. The number of carbonyl (C=O) groups excluding carboxylic acids is 2. The Bertz CT molecular complexity index is 651. The van der Waals surface area contributed by atoms with E-state index in [0.29, 0.717) is 12.2 Å². The minimum atomic E-state index is -0.112. The second-order valence-corrected chi connectivity index (χ2v) is 12.5. The number of carbonyl (C=O) groups is 2. The summed E-state index contributed by atoms with van der Waals surface area (Å²) in [5, 5.41) is 6.78. The largest absolute Gasteiger partial charge is 0.356 e. The van der Waals surface area contributed by atoms with Crippen molar-refractivity contribution in [1.29, 1.82) is 0 Å². The maximum atomic E-state index is 12.7. The Balaban J connectivity index is 1.59. The standard InChI is InChI=1S/C26H49N3O2/c1-23(2)17-19(25(5,6)28-23)21(30)15-13-11-10-12-14-16-27-22(31)20-18-24(3,4)29(9)26(20,7)8/h19-20,28H,10-18H2,1-9H3,(H,27,31). The number of Topliss-reactive ketones (excluding diaryl/α,β-unsaturated/α-hetero) is 1. The molecule has 2 aliphatic rings. The second-order valence-electron chi connectivity index (χ2n) is 12.5. The third-order valence-corrected chi connectivity index (χ3v) is 8.18. The number of ketones is 1. The first kappa shape index (κ1) is 26.3. The molecule has 5 nitrogen and oxygen atoms in total. The van der Waals surface area contributed by atoms with E-state index < -0.39 is 0 Å². The first-order valence-corrected chi connectivity index (χ1v) is 12.4. The number of nitrogens with zero attached hydrogens (tertiary/aromatic N) is 1. The molecule has 0 radical (unpaired) electrons. The van der Waals surface area contributed by atoms with Crippen molar-refractivity contribution in [2.75, 3.05) is 13.6 Å². The number of unbranched alkanes of at least 4 members (excludes halogenated alkanes) is 4. The molecule has 31 heavy (non-hydrogen) atoms. The van der Waals surface area contributed by atoms with Crippen LogP contribution >= 0.6 is 0 Å². The maximum Gasteiger partial charge on any atom is 0.225 e. The summed E-state index contributed by atoms with van der Waals surface area (Å²) in [5.41, 5.74) is -0.106. The molecule has 5 heteroatoms. The third-order valence-electron chi connectivity index (χ3n) is 8.18. The van der Waals surface area contributed by atoms with Gasteiger partial charge in [0.2, 0.25) is 5.91 Å². The first-order chi connectivity index (χ1) is 14.1. The van der Waals surface area contributed by atoms with Crippen LogP contribution in [-0.4, -0.2) is 52.3 Å². The fraction of sp³-hybridized carbons (Fsp3) is 0.923. The molecular formula is C26H49N3O2. The summed E-state index contributed by atoms with van der Waals surface area (Å²) in [7, 11) is 2.13. The molecule has 0 saturated carbocycles. The minimum absolute atomic E-state index is 0.0396. The number of hydrogen-bond acceptors (Lipinski definition) is 4. The van der Waals surface area contributed by atoms with Crippen LogP contribution in [-0.2, 0) is 9.59 Å². The monoisotopic (exact) mass is 435 g/mol. The molecule has 2 saturated heterocycles. The lowest BCUT2D eigenvalue weighted by molar-refractivity contribution is -0.127. The summed E-state index contributed by atoms with van der Waals surface area (Å²) < 4.78 is 0. The summed E-state index contributed by atoms with van der Waals surface area (Å²) in [6.45, 7) is 18.2. The average molecular weight is 436 g/mol. The van der Waals surface area contributed by atoms with Crippen molar-refractivity contribution in [2.24, 2.45) is 11.8 Å². The molecule has 0 aromatic heterocycles. The Morgan fingerprint density at radius 2 is 1.45 bits per heavy atom. The van der Waals surface area contributed by atoms with Gasteiger partial charge in [0.15, 0.2) is 0 Å². The molecule has 180 valence electrons. The van der Waals surface area contributed by atoms with Gasteiger partial charge in [0, 0.05) is 41.0 Å². The molecule has 2 unspecified atom stereocenters. The lowest BCUT2D eigenvalue weighted by atomic mass is 9.82. The lowest BCUT2D eigenvalue weighted by Crippen LogP contribution is -2.49. The lowest BCUT2D eigenvalue weighted by Gasteiger charge is -2.38. The van der Waals surface area contributed by atoms with Crippen molar-refractivity contribution < 1.29 is 9.59 Å². The predicted octanol–water partition coefficient (Wildman–Crippen LogP) is 4.69. The van der Waals surface area contributed by atoms with Gasteiger partial charge in [-0.2, -0.15) is 0 Å². The number of likely N-dealkylation sites (tertiary alicyclic amines) is 1. The van der Waals surface area contributed by atoms with E-state index in [1.807, 2.05) is 0 Å². The maximum absolute atomic E-state index is 12.7. The quantitative estimate of drug-likeness (QED) is 0.489. The zero-order chi connectivity index (χ0) is 23.7. The van der Waals surface area contributed by atoms with Gasteiger partial charge in [-0.05, 0) is 88.1 Å². The Hall–Kier alpha value is -0.940. The second kappa shape index (κ2) is 9.51. The van der Waals surface area contributed by atoms with Crippen LogP contribution in [0.15, 0.2) is 0 Å². The van der Waals surface area contributed by atoms with E-state index in [9.17, 15) is 9.59 Å². The zero-order valence-corrected chi connectivity index (χ0v) is 21.8. The fourth-order valence-electron chi connectivity index (χ4n) is 6.07. The highest BCUT2D eigenvalue weighted by Crippen LogP contribution is 2.43. The number of amides is 1. The van der Waals surface area contributed by atoms with E-state index in [0.717, 1.165) is 51.5 Å². The van der Waals surface area contributed by atoms with E-state index in [2.05, 4.69) is 78.0 Å². The van der Waals surface area contributed by atoms with Crippen LogP contribution in [0.25, 0.3) is 0 Å². The van der Waals surface area contributed by atoms with Gasteiger partial charge in [0.1, 0.15) is 5.78 Å². The fourth-order valence-corrected chi connectivity index (χ4v) is 6.07. The van der Waals surface area contributed by atoms with Gasteiger partial charge in [-0.15, -0.1) is 0 Å². The highest BCUT2D eigenvalue weighted by Gasteiger charge is 2.52. The molecule has 0 aliphatic carbocycles. The molecule has 0 aromatic carbocycles. The van der Waals surface area contributed by atoms with E-state index >= 15 is 0 Å². The van der Waals surface area contributed by atoms with Crippen LogP contribution in [0, 0.1) is 11.8 Å². The zero-order valence-electron chi connectivity index (χ0n) is 21.8. The van der Waals surface area contributed by atoms with Crippen LogP contribution in [0.5, 0.6) is 0 Å². The van der Waals surface area contributed by atoms with Crippen LogP contribution in [0.4, 0.5) is 0 Å². The van der Waals surface area contributed by atoms with Gasteiger partial charge in [-0.25, -0.2) is 0 Å². The molecule has 0 spiro atoms. The molecular weight excluding hydrogens is 386 g/mol. The SMILES string of the molecule is CN1C(C)(C)CC(C(=O)NCCCCCCCC(=O)C2CC(C)(C)NC2(C)C)C1(C)C. The number of rotatable bonds is 10. The Morgan fingerprint density at radius 3 is 1.97 bits per heavy atom. The van der Waals surface area contributed by atoms with Gasteiger partial charge in [-0.3, -0.25) is 14.5 Å². The summed E-state index contributed by atoms with van der Waals surface area (Å²) in [4.78, 5) is 27.8. The van der Waals surface area contributed by atoms with Crippen LogP contribution < -0.4 is 10.6 Å². The van der Waals surface area contributed by atoms with Crippen molar-refractivity contribution in [3.05, 3.63) is 0 Å². The number of hydrogen-bond donors (Lipinski definition) is 2. The summed E-state index contributed by atoms with van der Waals surface area (Å²) in [6, 6.07) is 0. The first-order valence-electron chi connectivity index (χ1n) is 12.4. The van der Waals surface area contributed by atoms with Crippen molar-refractivity contribution in [3.8, 4) is 0 Å². The summed E-state index contributed by atoms with van der Waals surface area (Å²) >= 11 is 0. The molecule has 0 bridgehead atoms. The van der Waals surface area contributed by atoms with E-state index in [1.54, 1.807) is 0 Å². The topological polar surface area (TPSA) is 61.4 Å². The molecule has 2 atom stereocenters. The van der Waals surface area contributed by atoms with Gasteiger partial charge < -0.3 is 10.6 Å². The average Bonchev–Trinajstić information content (AvgIpc) is 2.96. The van der Waals surface area contributed by atoms with Crippen LogP contribution in [0.3, 0.4) is 0 Å². The molecule has 2 heterocycles. The highest BCUT2D eigenvalue weighted by atomic mass is 16.2. The molecule has 2 rings (SSSR count). The number of nitrogens with one attached hydrogen (secondary N) is 2. The van der Waals surface area contributed by atoms with Crippen LogP contribution in [0.1, 0.15) is 107 Å². The van der Waals surface area contributed by atoms with E-state index in [-0.39, 0.29) is 39.9 Å². The molecule has 2 aliphatic heterocycles. The van der Waals surface area contributed by atoms with Crippen molar-refractivity contribution >= 4 is 11.7 Å². The van der Waals surface area contributed by atoms with Gasteiger partial charge in [-0.1, -0.05) is 19.3 Å². The Morgan fingerprint density at radius 1 is 0.871 bits per heavy atom. The third kappa shape index (κ3) is 6.31. The Labute approximate surface area is 191 Å². The Kier molecular flexibility index (Phi) is 8.07. The summed E-state index contributed by atoms with van der Waals surface area (Å²) in [6.07, 6.45) is 7.86. The molecule has 1 amide bonds. The highest BCUT2D eigenvalue weighted by molar-refractivity contribution is 5.83. The van der Waals surface area contributed by atoms with Gasteiger partial charge >= 0.3 is 0 Å².